The van der Waals surface area contributed by atoms with Crippen LogP contribution in [-0.4, -0.2) is 74.8 Å². The second kappa shape index (κ2) is 9.79. The van der Waals surface area contributed by atoms with E-state index in [1.165, 1.54) is 6.07 Å². The van der Waals surface area contributed by atoms with Crippen molar-refractivity contribution in [1.82, 2.24) is 15.1 Å². The van der Waals surface area contributed by atoms with Gasteiger partial charge >= 0.3 is 6.09 Å². The number of nitrogens with zero attached hydrogens (tertiary/aromatic N) is 3. The van der Waals surface area contributed by atoms with Crippen LogP contribution < -0.4 is 10.1 Å². The maximum absolute atomic E-state index is 13.1. The van der Waals surface area contributed by atoms with Gasteiger partial charge in [-0.3, -0.25) is 4.99 Å². The van der Waals surface area contributed by atoms with Crippen molar-refractivity contribution in [3.05, 3.63) is 29.8 Å². The normalized spacial score (nSPS) is 15.0. The Bertz CT molecular complexity index is 634. The van der Waals surface area contributed by atoms with E-state index in [0.717, 1.165) is 12.1 Å². The van der Waals surface area contributed by atoms with E-state index in [2.05, 4.69) is 10.3 Å². The summed E-state index contributed by atoms with van der Waals surface area (Å²) in [4.78, 5) is 19.6. The van der Waals surface area contributed by atoms with Gasteiger partial charge in [0.1, 0.15) is 12.4 Å². The van der Waals surface area contributed by atoms with Crippen molar-refractivity contribution in [2.75, 3.05) is 53.0 Å². The van der Waals surface area contributed by atoms with E-state index < -0.39 is 11.6 Å². The van der Waals surface area contributed by atoms with Crippen molar-refractivity contribution >= 4 is 12.1 Å². The Balaban J connectivity index is 1.73. The fraction of sp³-hybridized carbons (Fsp3) is 0.529. The molecule has 0 aromatic heterocycles. The fourth-order valence-corrected chi connectivity index (χ4v) is 2.55. The fourth-order valence-electron chi connectivity index (χ4n) is 2.55. The van der Waals surface area contributed by atoms with Gasteiger partial charge in [-0.1, -0.05) is 0 Å². The van der Waals surface area contributed by atoms with Crippen LogP contribution in [0.2, 0.25) is 0 Å². The van der Waals surface area contributed by atoms with E-state index in [4.69, 9.17) is 9.47 Å². The lowest BCUT2D eigenvalue weighted by atomic mass is 10.3. The third-order valence-corrected chi connectivity index (χ3v) is 3.86. The number of benzene rings is 1. The molecule has 7 nitrogen and oxygen atoms in total. The first kappa shape index (κ1) is 19.7. The third-order valence-electron chi connectivity index (χ3n) is 3.86. The highest BCUT2D eigenvalue weighted by Crippen LogP contribution is 2.15. The zero-order chi connectivity index (χ0) is 18.9. The highest BCUT2D eigenvalue weighted by Gasteiger charge is 2.23. The van der Waals surface area contributed by atoms with Gasteiger partial charge in [-0.2, -0.15) is 0 Å². The minimum atomic E-state index is -0.939. The summed E-state index contributed by atoms with van der Waals surface area (Å²) in [7, 11) is 1.68. The molecule has 9 heteroatoms. The Hall–Kier alpha value is -2.58. The van der Waals surface area contributed by atoms with Crippen molar-refractivity contribution in [3.63, 3.8) is 0 Å². The van der Waals surface area contributed by atoms with E-state index in [0.29, 0.717) is 45.3 Å². The molecule has 0 bridgehead atoms. The Morgan fingerprint density at radius 1 is 1.19 bits per heavy atom. The number of guanidine groups is 1. The zero-order valence-corrected chi connectivity index (χ0v) is 15.0. The van der Waals surface area contributed by atoms with Crippen molar-refractivity contribution < 1.29 is 23.0 Å². The SMILES string of the molecule is CCOC(=O)N1CCN(C(=NC)NCCOc2ccc(F)c(F)c2)CC1. The molecule has 1 aliphatic rings. The first-order valence-electron chi connectivity index (χ1n) is 8.50. The van der Waals surface area contributed by atoms with Crippen LogP contribution in [0.4, 0.5) is 13.6 Å². The molecule has 0 saturated carbocycles. The van der Waals surface area contributed by atoms with Crippen LogP contribution in [0.1, 0.15) is 6.92 Å². The molecule has 1 N–H and O–H groups in total. The number of nitrogens with one attached hydrogen (secondary N) is 1. The van der Waals surface area contributed by atoms with Gasteiger partial charge in [-0.05, 0) is 19.1 Å². The molecular formula is C17H24F2N4O3. The van der Waals surface area contributed by atoms with Gasteiger partial charge in [-0.25, -0.2) is 13.6 Å². The quantitative estimate of drug-likeness (QED) is 0.485. The molecule has 1 amide bonds. The van der Waals surface area contributed by atoms with Crippen LogP contribution in [0.3, 0.4) is 0 Å². The maximum atomic E-state index is 13.1. The molecule has 1 aromatic carbocycles. The van der Waals surface area contributed by atoms with E-state index in [9.17, 15) is 13.6 Å². The van der Waals surface area contributed by atoms with Gasteiger partial charge in [0.25, 0.3) is 0 Å². The molecule has 2 rings (SSSR count). The number of halogens is 2. The van der Waals surface area contributed by atoms with Crippen molar-refractivity contribution in [2.45, 2.75) is 6.92 Å². The van der Waals surface area contributed by atoms with Crippen LogP contribution >= 0.6 is 0 Å². The summed E-state index contributed by atoms with van der Waals surface area (Å²) in [5.74, 6) is -0.880. The van der Waals surface area contributed by atoms with E-state index >= 15 is 0 Å². The topological polar surface area (TPSA) is 66.4 Å². The molecule has 1 saturated heterocycles. The Labute approximate surface area is 151 Å². The number of amides is 1. The molecule has 0 unspecified atom stereocenters. The summed E-state index contributed by atoms with van der Waals surface area (Å²) in [5, 5.41) is 3.15. The largest absolute Gasteiger partial charge is 0.492 e. The Morgan fingerprint density at radius 3 is 2.50 bits per heavy atom. The average molecular weight is 370 g/mol. The number of hydrogen-bond donors (Lipinski definition) is 1. The second-order valence-corrected chi connectivity index (χ2v) is 5.57. The minimum absolute atomic E-state index is 0.267. The molecule has 0 radical (unpaired) electrons. The molecule has 144 valence electrons. The number of carbonyl (C=O) groups excluding carboxylic acids is 1. The lowest BCUT2D eigenvalue weighted by molar-refractivity contribution is 0.0914. The summed E-state index contributed by atoms with van der Waals surface area (Å²) < 4.78 is 36.4. The predicted molar refractivity (Wildman–Crippen MR) is 93.4 cm³/mol. The van der Waals surface area contributed by atoms with Gasteiger partial charge in [0.15, 0.2) is 17.6 Å². The van der Waals surface area contributed by atoms with Crippen LogP contribution in [0.15, 0.2) is 23.2 Å². The molecule has 1 aromatic rings. The number of piperazine rings is 1. The molecular weight excluding hydrogens is 346 g/mol. The highest BCUT2D eigenvalue weighted by molar-refractivity contribution is 5.80. The summed E-state index contributed by atoms with van der Waals surface area (Å²) in [6.45, 7) is 5.26. The summed E-state index contributed by atoms with van der Waals surface area (Å²) in [6, 6.07) is 3.42. The van der Waals surface area contributed by atoms with Gasteiger partial charge in [0, 0.05) is 39.3 Å². The van der Waals surface area contributed by atoms with Crippen LogP contribution in [0.25, 0.3) is 0 Å². The number of carbonyl (C=O) groups is 1. The maximum Gasteiger partial charge on any atom is 0.409 e. The molecule has 1 fully saturated rings. The molecule has 0 aliphatic carbocycles. The molecule has 1 aliphatic heterocycles. The zero-order valence-electron chi connectivity index (χ0n) is 15.0. The standard InChI is InChI=1S/C17H24F2N4O3/c1-3-25-17(24)23-9-7-22(8-10-23)16(20-2)21-6-11-26-13-4-5-14(18)15(19)12-13/h4-5,12H,3,6-11H2,1-2H3,(H,20,21). The number of aliphatic imine (C=N–C) groups is 1. The third kappa shape index (κ3) is 5.47. The second-order valence-electron chi connectivity index (χ2n) is 5.57. The van der Waals surface area contributed by atoms with Gasteiger partial charge in [0.05, 0.1) is 13.2 Å². The average Bonchev–Trinajstić information content (AvgIpc) is 2.65. The first-order chi connectivity index (χ1) is 12.5. The molecule has 0 atom stereocenters. The van der Waals surface area contributed by atoms with E-state index in [1.807, 2.05) is 4.90 Å². The smallest absolute Gasteiger partial charge is 0.409 e. The minimum Gasteiger partial charge on any atom is -0.492 e. The highest BCUT2D eigenvalue weighted by atomic mass is 19.2. The van der Waals surface area contributed by atoms with Gasteiger partial charge in [-0.15, -0.1) is 0 Å². The van der Waals surface area contributed by atoms with Crippen molar-refractivity contribution in [2.24, 2.45) is 4.99 Å². The van der Waals surface area contributed by atoms with E-state index in [-0.39, 0.29) is 18.4 Å². The monoisotopic (exact) mass is 370 g/mol. The molecule has 0 spiro atoms. The summed E-state index contributed by atoms with van der Waals surface area (Å²) in [6.07, 6.45) is -0.296. The molecule has 26 heavy (non-hydrogen) atoms. The lowest BCUT2D eigenvalue weighted by Gasteiger charge is -2.35. The van der Waals surface area contributed by atoms with Gasteiger partial charge in [0.2, 0.25) is 0 Å². The van der Waals surface area contributed by atoms with Crippen molar-refractivity contribution in [3.8, 4) is 5.75 Å². The number of hydrogen-bond acceptors (Lipinski definition) is 4. The lowest BCUT2D eigenvalue weighted by Crippen LogP contribution is -2.54. The Morgan fingerprint density at radius 2 is 1.88 bits per heavy atom. The summed E-state index contributed by atoms with van der Waals surface area (Å²) in [5.41, 5.74) is 0. The first-order valence-corrected chi connectivity index (χ1v) is 8.50. The van der Waals surface area contributed by atoms with Crippen LogP contribution in [0.5, 0.6) is 5.75 Å². The summed E-state index contributed by atoms with van der Waals surface area (Å²) >= 11 is 0. The number of ether oxygens (including phenoxy) is 2. The van der Waals surface area contributed by atoms with Crippen molar-refractivity contribution in [1.29, 1.82) is 0 Å². The van der Waals surface area contributed by atoms with E-state index in [1.54, 1.807) is 18.9 Å². The Kier molecular flexibility index (Phi) is 7.43. The van der Waals surface area contributed by atoms with Gasteiger partial charge < -0.3 is 24.6 Å². The van der Waals surface area contributed by atoms with Crippen LogP contribution in [0, 0.1) is 11.6 Å². The predicted octanol–water partition coefficient (Wildman–Crippen LogP) is 1.69. The molecule has 1 heterocycles. The van der Waals surface area contributed by atoms with Crippen LogP contribution in [-0.2, 0) is 4.74 Å². The number of rotatable bonds is 5.